The summed E-state index contributed by atoms with van der Waals surface area (Å²) in [5.74, 6) is 0.889. The summed E-state index contributed by atoms with van der Waals surface area (Å²) in [6.45, 7) is 9.42. The molecule has 0 amide bonds. The molecule has 0 aliphatic heterocycles. The fraction of sp³-hybridized carbons (Fsp3) is 0.500. The first kappa shape index (κ1) is 14.1. The lowest BCUT2D eigenvalue weighted by molar-refractivity contribution is 0.590. The molecule has 0 aliphatic rings. The SMILES string of the molecule is CCN=C(N)SCc1ccc(C(C)(C)C)cc1. The molecule has 0 heterocycles. The Labute approximate surface area is 109 Å². The van der Waals surface area contributed by atoms with Gasteiger partial charge in [-0.3, -0.25) is 4.99 Å². The van der Waals surface area contributed by atoms with Gasteiger partial charge in [-0.2, -0.15) is 0 Å². The van der Waals surface area contributed by atoms with Gasteiger partial charge in [0.15, 0.2) is 5.17 Å². The van der Waals surface area contributed by atoms with Crippen molar-refractivity contribution in [3.05, 3.63) is 35.4 Å². The van der Waals surface area contributed by atoms with E-state index in [9.17, 15) is 0 Å². The lowest BCUT2D eigenvalue weighted by Gasteiger charge is -2.19. The first-order chi connectivity index (χ1) is 7.93. The van der Waals surface area contributed by atoms with Gasteiger partial charge in [-0.15, -0.1) is 0 Å². The van der Waals surface area contributed by atoms with Gasteiger partial charge in [0.1, 0.15) is 0 Å². The van der Waals surface area contributed by atoms with E-state index in [2.05, 4.69) is 50.0 Å². The maximum absolute atomic E-state index is 5.74. The molecule has 0 spiro atoms. The lowest BCUT2D eigenvalue weighted by Crippen LogP contribution is -2.11. The normalized spacial score (nSPS) is 12.8. The van der Waals surface area contributed by atoms with Crippen LogP contribution in [-0.2, 0) is 11.2 Å². The largest absolute Gasteiger partial charge is 0.379 e. The summed E-state index contributed by atoms with van der Waals surface area (Å²) in [5, 5.41) is 0.674. The Morgan fingerprint density at radius 3 is 2.29 bits per heavy atom. The summed E-state index contributed by atoms with van der Waals surface area (Å²) in [7, 11) is 0. The number of benzene rings is 1. The molecule has 0 aromatic heterocycles. The van der Waals surface area contributed by atoms with Gasteiger partial charge < -0.3 is 5.73 Å². The fourth-order valence-electron chi connectivity index (χ4n) is 1.46. The van der Waals surface area contributed by atoms with Crippen LogP contribution in [0.3, 0.4) is 0 Å². The molecule has 3 heteroatoms. The quantitative estimate of drug-likeness (QED) is 0.658. The molecule has 94 valence electrons. The molecule has 1 rings (SSSR count). The van der Waals surface area contributed by atoms with Crippen LogP contribution in [0, 0.1) is 0 Å². The molecule has 0 saturated carbocycles. The summed E-state index contributed by atoms with van der Waals surface area (Å²) in [4.78, 5) is 4.15. The molecule has 17 heavy (non-hydrogen) atoms. The van der Waals surface area contributed by atoms with E-state index in [-0.39, 0.29) is 5.41 Å². The first-order valence-electron chi connectivity index (χ1n) is 5.95. The van der Waals surface area contributed by atoms with Gasteiger partial charge in [-0.25, -0.2) is 0 Å². The number of hydrogen-bond donors (Lipinski definition) is 1. The smallest absolute Gasteiger partial charge is 0.154 e. The van der Waals surface area contributed by atoms with Crippen LogP contribution in [-0.4, -0.2) is 11.7 Å². The number of hydrogen-bond acceptors (Lipinski definition) is 2. The number of thioether (sulfide) groups is 1. The Kier molecular flexibility index (Phi) is 5.06. The van der Waals surface area contributed by atoms with Crippen molar-refractivity contribution < 1.29 is 0 Å². The number of rotatable bonds is 3. The highest BCUT2D eigenvalue weighted by Crippen LogP contribution is 2.23. The average Bonchev–Trinajstić information content (AvgIpc) is 2.26. The van der Waals surface area contributed by atoms with Crippen LogP contribution in [0.15, 0.2) is 29.3 Å². The first-order valence-corrected chi connectivity index (χ1v) is 6.94. The molecule has 0 unspecified atom stereocenters. The molecule has 0 aliphatic carbocycles. The van der Waals surface area contributed by atoms with E-state index < -0.39 is 0 Å². The van der Waals surface area contributed by atoms with Crippen LogP contribution in [0.1, 0.15) is 38.8 Å². The summed E-state index contributed by atoms with van der Waals surface area (Å²) in [5.41, 5.74) is 8.61. The van der Waals surface area contributed by atoms with Crippen molar-refractivity contribution >= 4 is 16.9 Å². The monoisotopic (exact) mass is 250 g/mol. The Balaban J connectivity index is 2.60. The van der Waals surface area contributed by atoms with Crippen LogP contribution >= 0.6 is 11.8 Å². The topological polar surface area (TPSA) is 38.4 Å². The highest BCUT2D eigenvalue weighted by Gasteiger charge is 2.12. The standard InChI is InChI=1S/C14H22N2S/c1-5-16-13(15)17-10-11-6-8-12(9-7-11)14(2,3)4/h6-9H,5,10H2,1-4H3,(H2,15,16). The van der Waals surface area contributed by atoms with E-state index in [1.54, 1.807) is 11.8 Å². The van der Waals surface area contributed by atoms with Gasteiger partial charge in [-0.1, -0.05) is 56.8 Å². The minimum absolute atomic E-state index is 0.217. The molecule has 0 atom stereocenters. The maximum Gasteiger partial charge on any atom is 0.154 e. The number of amidine groups is 1. The number of aliphatic imine (C=N–C) groups is 1. The lowest BCUT2D eigenvalue weighted by atomic mass is 9.87. The van der Waals surface area contributed by atoms with Gasteiger partial charge >= 0.3 is 0 Å². The van der Waals surface area contributed by atoms with Crippen LogP contribution in [0.2, 0.25) is 0 Å². The average molecular weight is 250 g/mol. The van der Waals surface area contributed by atoms with Crippen molar-refractivity contribution in [3.8, 4) is 0 Å². The third kappa shape index (κ3) is 4.82. The zero-order valence-corrected chi connectivity index (χ0v) is 12.0. The second-order valence-corrected chi connectivity index (χ2v) is 6.04. The second kappa shape index (κ2) is 6.10. The minimum Gasteiger partial charge on any atom is -0.379 e. The van der Waals surface area contributed by atoms with Crippen molar-refractivity contribution in [2.45, 2.75) is 38.9 Å². The molecule has 0 radical (unpaired) electrons. The third-order valence-corrected chi connectivity index (χ3v) is 3.42. The zero-order valence-electron chi connectivity index (χ0n) is 11.2. The van der Waals surface area contributed by atoms with Crippen LogP contribution < -0.4 is 5.73 Å². The van der Waals surface area contributed by atoms with Gasteiger partial charge in [0.05, 0.1) is 0 Å². The molecule has 2 N–H and O–H groups in total. The van der Waals surface area contributed by atoms with Crippen molar-refractivity contribution in [3.63, 3.8) is 0 Å². The molecule has 0 fully saturated rings. The molecular formula is C14H22N2S. The van der Waals surface area contributed by atoms with E-state index in [0.717, 1.165) is 12.3 Å². The van der Waals surface area contributed by atoms with Crippen LogP contribution in [0.4, 0.5) is 0 Å². The van der Waals surface area contributed by atoms with Gasteiger partial charge in [0, 0.05) is 12.3 Å². The summed E-state index contributed by atoms with van der Waals surface area (Å²) < 4.78 is 0. The van der Waals surface area contributed by atoms with E-state index in [0.29, 0.717) is 5.17 Å². The Morgan fingerprint density at radius 2 is 1.82 bits per heavy atom. The van der Waals surface area contributed by atoms with Crippen LogP contribution in [0.25, 0.3) is 0 Å². The van der Waals surface area contributed by atoms with Crippen molar-refractivity contribution in [2.24, 2.45) is 10.7 Å². The molecular weight excluding hydrogens is 228 g/mol. The van der Waals surface area contributed by atoms with Crippen molar-refractivity contribution in [2.75, 3.05) is 6.54 Å². The van der Waals surface area contributed by atoms with Crippen molar-refractivity contribution in [1.29, 1.82) is 0 Å². The predicted molar refractivity (Wildman–Crippen MR) is 78.6 cm³/mol. The Bertz CT molecular complexity index is 374. The van der Waals surface area contributed by atoms with Gasteiger partial charge in [-0.05, 0) is 23.5 Å². The van der Waals surface area contributed by atoms with Crippen LogP contribution in [0.5, 0.6) is 0 Å². The molecule has 1 aromatic carbocycles. The number of nitrogens with two attached hydrogens (primary N) is 1. The fourth-order valence-corrected chi connectivity index (χ4v) is 2.19. The third-order valence-electron chi connectivity index (χ3n) is 2.52. The summed E-state index contributed by atoms with van der Waals surface area (Å²) >= 11 is 1.60. The van der Waals surface area contributed by atoms with E-state index in [1.807, 2.05) is 6.92 Å². The second-order valence-electron chi connectivity index (χ2n) is 5.05. The summed E-state index contributed by atoms with van der Waals surface area (Å²) in [6, 6.07) is 8.74. The zero-order chi connectivity index (χ0) is 12.9. The Morgan fingerprint density at radius 1 is 1.24 bits per heavy atom. The highest BCUT2D eigenvalue weighted by molar-refractivity contribution is 8.13. The van der Waals surface area contributed by atoms with E-state index >= 15 is 0 Å². The molecule has 0 bridgehead atoms. The Hall–Kier alpha value is -0.960. The molecule has 1 aromatic rings. The minimum atomic E-state index is 0.217. The van der Waals surface area contributed by atoms with Gasteiger partial charge in [0.2, 0.25) is 0 Å². The molecule has 0 saturated heterocycles. The number of nitrogens with zero attached hydrogens (tertiary/aromatic N) is 1. The van der Waals surface area contributed by atoms with E-state index in [1.165, 1.54) is 11.1 Å². The summed E-state index contributed by atoms with van der Waals surface area (Å²) in [6.07, 6.45) is 0. The molecule has 2 nitrogen and oxygen atoms in total. The highest BCUT2D eigenvalue weighted by atomic mass is 32.2. The van der Waals surface area contributed by atoms with E-state index in [4.69, 9.17) is 5.73 Å². The maximum atomic E-state index is 5.74. The van der Waals surface area contributed by atoms with Crippen molar-refractivity contribution in [1.82, 2.24) is 0 Å². The predicted octanol–water partition coefficient (Wildman–Crippen LogP) is 3.55. The van der Waals surface area contributed by atoms with Gasteiger partial charge in [0.25, 0.3) is 0 Å².